The molecule has 0 radical (unpaired) electrons. The first kappa shape index (κ1) is 20.9. The van der Waals surface area contributed by atoms with Crippen LogP contribution in [-0.2, 0) is 19.0 Å². The number of fused-ring (bicyclic) bond motifs is 3. The molecule has 0 fully saturated rings. The summed E-state index contributed by atoms with van der Waals surface area (Å²) in [5.41, 5.74) is 3.90. The zero-order chi connectivity index (χ0) is 21.0. The molecule has 1 atom stereocenters. The molecule has 154 valence electrons. The first-order valence-electron chi connectivity index (χ1n) is 9.63. The largest absolute Gasteiger partial charge is 0.458 e. The average Bonchev–Trinajstić information content (AvgIpc) is 2.99. The zero-order valence-electron chi connectivity index (χ0n) is 17.2. The molecule has 6 heteroatoms. The van der Waals surface area contributed by atoms with Gasteiger partial charge in [0.05, 0.1) is 6.61 Å². The number of esters is 1. The SMILES string of the molecule is COC[C@H](NC(=O)OCC1c2ccccc2-c2ccccc21)C(=O)OC(C)(C)C. The van der Waals surface area contributed by atoms with Crippen LogP contribution in [0.5, 0.6) is 0 Å². The molecule has 0 unspecified atom stereocenters. The van der Waals surface area contributed by atoms with Gasteiger partial charge in [-0.2, -0.15) is 0 Å². The normalized spacial score (nSPS) is 13.9. The van der Waals surface area contributed by atoms with E-state index in [0.29, 0.717) is 0 Å². The standard InChI is InChI=1S/C23H27NO5/c1-23(2,3)29-21(25)20(14-27-4)24-22(26)28-13-19-17-11-7-5-9-15(17)16-10-6-8-12-18(16)19/h5-12,19-20H,13-14H2,1-4H3,(H,24,26)/t20-/m0/s1. The summed E-state index contributed by atoms with van der Waals surface area (Å²) >= 11 is 0. The number of amides is 1. The van der Waals surface area contributed by atoms with Crippen LogP contribution in [-0.4, -0.2) is 44.0 Å². The average molecular weight is 397 g/mol. The number of ether oxygens (including phenoxy) is 3. The summed E-state index contributed by atoms with van der Waals surface area (Å²) in [6.45, 7) is 5.47. The van der Waals surface area contributed by atoms with Gasteiger partial charge in [-0.1, -0.05) is 48.5 Å². The maximum atomic E-state index is 12.4. The Morgan fingerprint density at radius 1 is 1.00 bits per heavy atom. The van der Waals surface area contributed by atoms with Gasteiger partial charge in [0.15, 0.2) is 6.04 Å². The Morgan fingerprint density at radius 3 is 2.07 bits per heavy atom. The molecule has 1 aliphatic carbocycles. The predicted octanol–water partition coefficient (Wildman–Crippen LogP) is 3.88. The van der Waals surface area contributed by atoms with Crippen molar-refractivity contribution in [3.8, 4) is 11.1 Å². The minimum Gasteiger partial charge on any atom is -0.458 e. The Kier molecular flexibility index (Phi) is 6.23. The van der Waals surface area contributed by atoms with Crippen LogP contribution < -0.4 is 5.32 Å². The van der Waals surface area contributed by atoms with E-state index >= 15 is 0 Å². The minimum atomic E-state index is -0.935. The summed E-state index contributed by atoms with van der Waals surface area (Å²) in [6, 6.07) is 15.3. The van der Waals surface area contributed by atoms with Gasteiger partial charge in [-0.3, -0.25) is 0 Å². The number of carbonyl (C=O) groups is 2. The highest BCUT2D eigenvalue weighted by Gasteiger charge is 2.30. The second kappa shape index (κ2) is 8.66. The fraction of sp³-hybridized carbons (Fsp3) is 0.391. The maximum Gasteiger partial charge on any atom is 0.407 e. The van der Waals surface area contributed by atoms with Crippen molar-refractivity contribution in [2.75, 3.05) is 20.3 Å². The third-order valence-electron chi connectivity index (χ3n) is 4.66. The highest BCUT2D eigenvalue weighted by molar-refractivity contribution is 5.82. The van der Waals surface area contributed by atoms with Crippen LogP contribution in [0.15, 0.2) is 48.5 Å². The van der Waals surface area contributed by atoms with E-state index in [1.807, 2.05) is 24.3 Å². The molecule has 0 bridgehead atoms. The smallest absolute Gasteiger partial charge is 0.407 e. The van der Waals surface area contributed by atoms with E-state index in [1.54, 1.807) is 20.8 Å². The third-order valence-corrected chi connectivity index (χ3v) is 4.66. The zero-order valence-corrected chi connectivity index (χ0v) is 17.2. The molecule has 2 aromatic carbocycles. The minimum absolute atomic E-state index is 0.000884. The second-order valence-electron chi connectivity index (χ2n) is 8.01. The molecule has 0 heterocycles. The lowest BCUT2D eigenvalue weighted by atomic mass is 9.98. The Balaban J connectivity index is 1.66. The number of carbonyl (C=O) groups excluding carboxylic acids is 2. The fourth-order valence-corrected chi connectivity index (χ4v) is 3.49. The predicted molar refractivity (Wildman–Crippen MR) is 110 cm³/mol. The number of alkyl carbamates (subject to hydrolysis) is 1. The van der Waals surface area contributed by atoms with E-state index in [4.69, 9.17) is 14.2 Å². The van der Waals surface area contributed by atoms with Crippen molar-refractivity contribution in [2.24, 2.45) is 0 Å². The van der Waals surface area contributed by atoms with Gasteiger partial charge in [-0.15, -0.1) is 0 Å². The van der Waals surface area contributed by atoms with Crippen LogP contribution in [0.2, 0.25) is 0 Å². The number of benzene rings is 2. The van der Waals surface area contributed by atoms with Crippen LogP contribution in [0.4, 0.5) is 4.79 Å². The quantitative estimate of drug-likeness (QED) is 0.749. The van der Waals surface area contributed by atoms with E-state index in [2.05, 4.69) is 29.6 Å². The lowest BCUT2D eigenvalue weighted by molar-refractivity contribution is -0.158. The van der Waals surface area contributed by atoms with E-state index in [1.165, 1.54) is 7.11 Å². The summed E-state index contributed by atoms with van der Waals surface area (Å²) in [4.78, 5) is 24.7. The molecule has 0 saturated carbocycles. The Bertz CT molecular complexity index is 841. The van der Waals surface area contributed by atoms with Crippen molar-refractivity contribution in [3.63, 3.8) is 0 Å². The number of hydrogen-bond acceptors (Lipinski definition) is 5. The van der Waals surface area contributed by atoms with Crippen LogP contribution >= 0.6 is 0 Å². The van der Waals surface area contributed by atoms with E-state index < -0.39 is 23.7 Å². The molecule has 1 N–H and O–H groups in total. The number of hydrogen-bond donors (Lipinski definition) is 1. The van der Waals surface area contributed by atoms with Gasteiger partial charge >= 0.3 is 12.1 Å². The lowest BCUT2D eigenvalue weighted by Gasteiger charge is -2.24. The summed E-state index contributed by atoms with van der Waals surface area (Å²) in [6.07, 6.45) is -0.681. The van der Waals surface area contributed by atoms with Gasteiger partial charge in [-0.05, 0) is 43.0 Å². The monoisotopic (exact) mass is 397 g/mol. The number of nitrogens with one attached hydrogen (secondary N) is 1. The van der Waals surface area contributed by atoms with Crippen LogP contribution in [0.3, 0.4) is 0 Å². The van der Waals surface area contributed by atoms with Crippen molar-refractivity contribution in [1.29, 1.82) is 0 Å². The van der Waals surface area contributed by atoms with Gasteiger partial charge in [-0.25, -0.2) is 9.59 Å². The number of methoxy groups -OCH3 is 1. The molecule has 0 saturated heterocycles. The maximum absolute atomic E-state index is 12.4. The summed E-state index contributed by atoms with van der Waals surface area (Å²) in [5.74, 6) is -0.608. The molecule has 29 heavy (non-hydrogen) atoms. The van der Waals surface area contributed by atoms with Crippen LogP contribution in [0.25, 0.3) is 11.1 Å². The van der Waals surface area contributed by atoms with E-state index in [-0.39, 0.29) is 19.1 Å². The first-order chi connectivity index (χ1) is 13.8. The summed E-state index contributed by atoms with van der Waals surface area (Å²) in [7, 11) is 1.46. The summed E-state index contributed by atoms with van der Waals surface area (Å²) < 4.78 is 15.9. The topological polar surface area (TPSA) is 73.9 Å². The molecular formula is C23H27NO5. The molecule has 0 aliphatic heterocycles. The van der Waals surface area contributed by atoms with Gasteiger partial charge in [0.2, 0.25) is 0 Å². The van der Waals surface area contributed by atoms with Crippen molar-refractivity contribution < 1.29 is 23.8 Å². The Hall–Kier alpha value is -2.86. The molecule has 1 aliphatic rings. The lowest BCUT2D eigenvalue weighted by Crippen LogP contribution is -2.47. The molecule has 1 amide bonds. The molecule has 0 aromatic heterocycles. The van der Waals surface area contributed by atoms with Crippen LogP contribution in [0, 0.1) is 0 Å². The van der Waals surface area contributed by atoms with Gasteiger partial charge < -0.3 is 19.5 Å². The molecule has 3 rings (SSSR count). The fourth-order valence-electron chi connectivity index (χ4n) is 3.49. The van der Waals surface area contributed by atoms with E-state index in [9.17, 15) is 9.59 Å². The molecule has 6 nitrogen and oxygen atoms in total. The Morgan fingerprint density at radius 2 is 1.55 bits per heavy atom. The third kappa shape index (κ3) is 4.95. The molecular weight excluding hydrogens is 370 g/mol. The van der Waals surface area contributed by atoms with Crippen molar-refractivity contribution in [1.82, 2.24) is 5.32 Å². The second-order valence-corrected chi connectivity index (χ2v) is 8.01. The van der Waals surface area contributed by atoms with Gasteiger partial charge in [0.25, 0.3) is 0 Å². The van der Waals surface area contributed by atoms with Gasteiger partial charge in [0.1, 0.15) is 12.2 Å². The molecule has 0 spiro atoms. The van der Waals surface area contributed by atoms with Gasteiger partial charge in [0, 0.05) is 13.0 Å². The molecule has 2 aromatic rings. The van der Waals surface area contributed by atoms with Crippen molar-refractivity contribution in [2.45, 2.75) is 38.3 Å². The van der Waals surface area contributed by atoms with E-state index in [0.717, 1.165) is 22.3 Å². The Labute approximate surface area is 171 Å². The first-order valence-corrected chi connectivity index (χ1v) is 9.63. The summed E-state index contributed by atoms with van der Waals surface area (Å²) in [5, 5.41) is 2.55. The highest BCUT2D eigenvalue weighted by atomic mass is 16.6. The highest BCUT2D eigenvalue weighted by Crippen LogP contribution is 2.44. The van der Waals surface area contributed by atoms with Crippen LogP contribution in [0.1, 0.15) is 37.8 Å². The van der Waals surface area contributed by atoms with Crippen molar-refractivity contribution in [3.05, 3.63) is 59.7 Å². The van der Waals surface area contributed by atoms with Crippen molar-refractivity contribution >= 4 is 12.1 Å². The number of rotatable bonds is 6.